The molecule has 1 aromatic heterocycles. The SMILES string of the molecule is COc1cc(C(=O)CN2CCN(c3ncccn3)CC2)cc(OC)c1OC.Cl.Cl. The first-order chi connectivity index (χ1) is 13.2. The highest BCUT2D eigenvalue weighted by molar-refractivity contribution is 5.98. The van der Waals surface area contributed by atoms with Crippen molar-refractivity contribution in [1.29, 1.82) is 0 Å². The summed E-state index contributed by atoms with van der Waals surface area (Å²) in [6.07, 6.45) is 3.48. The minimum absolute atomic E-state index is 0. The summed E-state index contributed by atoms with van der Waals surface area (Å²) >= 11 is 0. The summed E-state index contributed by atoms with van der Waals surface area (Å²) in [5.41, 5.74) is 0.540. The van der Waals surface area contributed by atoms with E-state index in [1.54, 1.807) is 30.6 Å². The Morgan fingerprint density at radius 3 is 1.97 bits per heavy atom. The maximum Gasteiger partial charge on any atom is 0.225 e. The van der Waals surface area contributed by atoms with Crippen molar-refractivity contribution in [3.63, 3.8) is 0 Å². The standard InChI is InChI=1S/C19H24N4O4.2ClH/c1-25-16-11-14(12-17(26-2)18(16)27-3)15(24)13-22-7-9-23(10-8-22)19-20-5-4-6-21-19;;/h4-6,11-12H,7-10,13H2,1-3H3;2*1H. The molecule has 0 atom stereocenters. The molecule has 0 N–H and O–H groups in total. The molecule has 1 saturated heterocycles. The molecule has 3 rings (SSSR count). The van der Waals surface area contributed by atoms with Gasteiger partial charge in [0.15, 0.2) is 17.3 Å². The number of hydrogen-bond donors (Lipinski definition) is 0. The number of halogens is 2. The first-order valence-corrected chi connectivity index (χ1v) is 8.73. The third-order valence-electron chi connectivity index (χ3n) is 4.56. The number of carbonyl (C=O) groups is 1. The molecule has 0 saturated carbocycles. The number of anilines is 1. The highest BCUT2D eigenvalue weighted by Gasteiger charge is 2.22. The van der Waals surface area contributed by atoms with Crippen molar-refractivity contribution in [2.75, 3.05) is 59.0 Å². The van der Waals surface area contributed by atoms with E-state index in [0.717, 1.165) is 32.1 Å². The number of benzene rings is 1. The van der Waals surface area contributed by atoms with Gasteiger partial charge >= 0.3 is 0 Å². The number of ether oxygens (including phenoxy) is 3. The number of ketones is 1. The molecule has 8 nitrogen and oxygen atoms in total. The molecule has 1 aliphatic rings. The number of aromatic nitrogens is 2. The van der Waals surface area contributed by atoms with E-state index < -0.39 is 0 Å². The highest BCUT2D eigenvalue weighted by atomic mass is 35.5. The van der Waals surface area contributed by atoms with Crippen LogP contribution in [0.4, 0.5) is 5.95 Å². The number of rotatable bonds is 7. The van der Waals surface area contributed by atoms with Gasteiger partial charge in [-0.05, 0) is 18.2 Å². The molecule has 160 valence electrons. The minimum Gasteiger partial charge on any atom is -0.493 e. The third-order valence-corrected chi connectivity index (χ3v) is 4.56. The van der Waals surface area contributed by atoms with Crippen molar-refractivity contribution in [2.45, 2.75) is 0 Å². The van der Waals surface area contributed by atoms with Crippen LogP contribution in [0.5, 0.6) is 17.2 Å². The van der Waals surface area contributed by atoms with Gasteiger partial charge in [-0.25, -0.2) is 9.97 Å². The van der Waals surface area contributed by atoms with Crippen molar-refractivity contribution in [3.05, 3.63) is 36.2 Å². The smallest absolute Gasteiger partial charge is 0.225 e. The van der Waals surface area contributed by atoms with Gasteiger partial charge in [-0.2, -0.15) is 0 Å². The molecule has 2 aromatic rings. The van der Waals surface area contributed by atoms with Crippen LogP contribution in [0.15, 0.2) is 30.6 Å². The Bertz CT molecular complexity index is 762. The van der Waals surface area contributed by atoms with Gasteiger partial charge in [0.2, 0.25) is 11.7 Å². The van der Waals surface area contributed by atoms with Gasteiger partial charge < -0.3 is 19.1 Å². The summed E-state index contributed by atoms with van der Waals surface area (Å²) in [6, 6.07) is 5.19. The molecule has 1 aliphatic heterocycles. The zero-order chi connectivity index (χ0) is 19.2. The van der Waals surface area contributed by atoms with E-state index in [-0.39, 0.29) is 30.6 Å². The Kier molecular flexibility index (Phi) is 9.94. The number of nitrogens with zero attached hydrogens (tertiary/aromatic N) is 4. The van der Waals surface area contributed by atoms with Crippen LogP contribution in [0.2, 0.25) is 0 Å². The van der Waals surface area contributed by atoms with E-state index in [4.69, 9.17) is 14.2 Å². The van der Waals surface area contributed by atoms with Gasteiger partial charge in [0.1, 0.15) is 0 Å². The molecule has 0 radical (unpaired) electrons. The van der Waals surface area contributed by atoms with E-state index in [0.29, 0.717) is 29.4 Å². The molecule has 1 aromatic carbocycles. The van der Waals surface area contributed by atoms with Gasteiger partial charge in [-0.15, -0.1) is 24.8 Å². The summed E-state index contributed by atoms with van der Waals surface area (Å²) in [5, 5.41) is 0. The van der Waals surface area contributed by atoms with Crippen molar-refractivity contribution >= 4 is 36.5 Å². The largest absolute Gasteiger partial charge is 0.493 e. The normalized spacial score (nSPS) is 13.7. The maximum absolute atomic E-state index is 12.8. The van der Waals surface area contributed by atoms with Crippen molar-refractivity contribution < 1.29 is 19.0 Å². The van der Waals surface area contributed by atoms with Crippen LogP contribution in [0, 0.1) is 0 Å². The Morgan fingerprint density at radius 1 is 0.931 bits per heavy atom. The molecule has 0 aliphatic carbocycles. The zero-order valence-corrected chi connectivity index (χ0v) is 18.3. The molecule has 0 bridgehead atoms. The number of piperazine rings is 1. The monoisotopic (exact) mass is 444 g/mol. The quantitative estimate of drug-likeness (QED) is 0.602. The predicted molar refractivity (Wildman–Crippen MR) is 116 cm³/mol. The zero-order valence-electron chi connectivity index (χ0n) is 16.7. The lowest BCUT2D eigenvalue weighted by Crippen LogP contribution is -2.48. The van der Waals surface area contributed by atoms with Crippen LogP contribution in [0.1, 0.15) is 10.4 Å². The lowest BCUT2D eigenvalue weighted by atomic mass is 10.1. The maximum atomic E-state index is 12.8. The lowest BCUT2D eigenvalue weighted by Gasteiger charge is -2.34. The van der Waals surface area contributed by atoms with Gasteiger partial charge in [0, 0.05) is 44.1 Å². The molecular formula is C19H26Cl2N4O4. The van der Waals surface area contributed by atoms with Crippen molar-refractivity contribution in [3.8, 4) is 17.2 Å². The van der Waals surface area contributed by atoms with Crippen LogP contribution in [-0.2, 0) is 0 Å². The number of Topliss-reactive ketones (excluding diaryl/α,β-unsaturated/α-hetero) is 1. The minimum atomic E-state index is 0. The molecule has 1 fully saturated rings. The summed E-state index contributed by atoms with van der Waals surface area (Å²) < 4.78 is 16.0. The van der Waals surface area contributed by atoms with Gasteiger partial charge in [-0.3, -0.25) is 9.69 Å². The average Bonchev–Trinajstić information content (AvgIpc) is 2.73. The second-order valence-electron chi connectivity index (χ2n) is 6.15. The van der Waals surface area contributed by atoms with E-state index in [1.165, 1.54) is 21.3 Å². The topological polar surface area (TPSA) is 77.0 Å². The molecule has 29 heavy (non-hydrogen) atoms. The second-order valence-corrected chi connectivity index (χ2v) is 6.15. The van der Waals surface area contributed by atoms with Crippen LogP contribution in [-0.4, -0.2) is 74.7 Å². The summed E-state index contributed by atoms with van der Waals surface area (Å²) in [5.74, 6) is 2.18. The van der Waals surface area contributed by atoms with Gasteiger partial charge in [0.05, 0.1) is 27.9 Å². The second kappa shape index (κ2) is 11.6. The fourth-order valence-corrected chi connectivity index (χ4v) is 3.10. The molecule has 2 heterocycles. The Balaban J connectivity index is 0.00000210. The first-order valence-electron chi connectivity index (χ1n) is 8.73. The van der Waals surface area contributed by atoms with E-state index in [9.17, 15) is 4.79 Å². The summed E-state index contributed by atoms with van der Waals surface area (Å²) in [7, 11) is 4.62. The summed E-state index contributed by atoms with van der Waals surface area (Å²) in [6.45, 7) is 3.45. The molecule has 0 unspecified atom stereocenters. The molecule has 10 heteroatoms. The van der Waals surface area contributed by atoms with Crippen LogP contribution < -0.4 is 19.1 Å². The van der Waals surface area contributed by atoms with Crippen LogP contribution in [0.25, 0.3) is 0 Å². The van der Waals surface area contributed by atoms with Crippen LogP contribution in [0.3, 0.4) is 0 Å². The fourth-order valence-electron chi connectivity index (χ4n) is 3.10. The Hall–Kier alpha value is -2.29. The third kappa shape index (κ3) is 5.85. The Morgan fingerprint density at radius 2 is 1.48 bits per heavy atom. The number of methoxy groups -OCH3 is 3. The molecule has 0 amide bonds. The molecule has 0 spiro atoms. The first kappa shape index (κ1) is 24.7. The van der Waals surface area contributed by atoms with Gasteiger partial charge in [-0.1, -0.05) is 0 Å². The number of hydrogen-bond acceptors (Lipinski definition) is 8. The predicted octanol–water partition coefficient (Wildman–Crippen LogP) is 2.35. The van der Waals surface area contributed by atoms with Crippen LogP contribution >= 0.6 is 24.8 Å². The van der Waals surface area contributed by atoms with Crippen molar-refractivity contribution in [1.82, 2.24) is 14.9 Å². The fraction of sp³-hybridized carbons (Fsp3) is 0.421. The molecular weight excluding hydrogens is 419 g/mol. The van der Waals surface area contributed by atoms with Crippen molar-refractivity contribution in [2.24, 2.45) is 0 Å². The number of carbonyl (C=O) groups excluding carboxylic acids is 1. The van der Waals surface area contributed by atoms with Gasteiger partial charge in [0.25, 0.3) is 0 Å². The van der Waals surface area contributed by atoms with E-state index in [1.807, 2.05) is 0 Å². The van der Waals surface area contributed by atoms with E-state index >= 15 is 0 Å². The Labute approximate surface area is 183 Å². The average molecular weight is 445 g/mol. The lowest BCUT2D eigenvalue weighted by molar-refractivity contribution is 0.0925. The highest BCUT2D eigenvalue weighted by Crippen LogP contribution is 2.38. The summed E-state index contributed by atoms with van der Waals surface area (Å²) in [4.78, 5) is 25.6. The van der Waals surface area contributed by atoms with E-state index in [2.05, 4.69) is 19.8 Å².